The van der Waals surface area contributed by atoms with Crippen LogP contribution in [0.5, 0.6) is 0 Å². The highest BCUT2D eigenvalue weighted by atomic mass is 32.2. The average molecular weight is 293 g/mol. The molecular formula is C15H19NOS2. The molecule has 0 aliphatic heterocycles. The van der Waals surface area contributed by atoms with E-state index in [1.165, 1.54) is 16.0 Å². The molecule has 2 rings (SSSR count). The Balaban J connectivity index is 1.95. The molecule has 2 aromatic rings. The summed E-state index contributed by atoms with van der Waals surface area (Å²) in [6, 6.07) is 10.5. The van der Waals surface area contributed by atoms with E-state index in [9.17, 15) is 4.21 Å². The highest BCUT2D eigenvalue weighted by Crippen LogP contribution is 2.23. The molecule has 0 aliphatic carbocycles. The van der Waals surface area contributed by atoms with Gasteiger partial charge in [-0.1, -0.05) is 12.1 Å². The second-order valence-electron chi connectivity index (χ2n) is 4.67. The van der Waals surface area contributed by atoms with Crippen LogP contribution in [0.15, 0.2) is 40.6 Å². The van der Waals surface area contributed by atoms with Crippen molar-refractivity contribution in [1.82, 2.24) is 5.32 Å². The summed E-state index contributed by atoms with van der Waals surface area (Å²) in [7, 11) is -0.896. The van der Waals surface area contributed by atoms with Crippen LogP contribution in [0.1, 0.15) is 29.0 Å². The number of aryl methyl sites for hydroxylation is 1. The second kappa shape index (κ2) is 6.46. The summed E-state index contributed by atoms with van der Waals surface area (Å²) in [4.78, 5) is 2.28. The Morgan fingerprint density at radius 3 is 2.47 bits per heavy atom. The molecule has 2 nitrogen and oxygen atoms in total. The summed E-state index contributed by atoms with van der Waals surface area (Å²) < 4.78 is 11.3. The van der Waals surface area contributed by atoms with Crippen LogP contribution in [0.3, 0.4) is 0 Å². The second-order valence-corrected chi connectivity index (χ2v) is 7.00. The third kappa shape index (κ3) is 3.75. The summed E-state index contributed by atoms with van der Waals surface area (Å²) in [6.07, 6.45) is 1.70. The minimum absolute atomic E-state index is 0.361. The van der Waals surface area contributed by atoms with Crippen molar-refractivity contribution in [2.24, 2.45) is 0 Å². The molecule has 1 N–H and O–H groups in total. The number of benzene rings is 1. The summed E-state index contributed by atoms with van der Waals surface area (Å²) in [5, 5.41) is 5.66. The zero-order chi connectivity index (χ0) is 13.8. The molecule has 1 heterocycles. The number of rotatable bonds is 5. The minimum atomic E-state index is -0.896. The van der Waals surface area contributed by atoms with E-state index < -0.39 is 10.8 Å². The molecule has 2 atom stereocenters. The van der Waals surface area contributed by atoms with Gasteiger partial charge in [-0.2, -0.15) is 0 Å². The molecule has 19 heavy (non-hydrogen) atoms. The molecule has 0 amide bonds. The molecule has 0 unspecified atom stereocenters. The molecule has 102 valence electrons. The smallest absolute Gasteiger partial charge is 0.0498 e. The maximum absolute atomic E-state index is 11.3. The van der Waals surface area contributed by atoms with E-state index >= 15 is 0 Å². The van der Waals surface area contributed by atoms with Crippen molar-refractivity contribution >= 4 is 22.1 Å². The van der Waals surface area contributed by atoms with Gasteiger partial charge in [0.2, 0.25) is 0 Å². The molecule has 1 aromatic carbocycles. The number of nitrogens with one attached hydrogen (secondary N) is 1. The molecule has 1 aromatic heterocycles. The molecule has 0 bridgehead atoms. The van der Waals surface area contributed by atoms with E-state index in [4.69, 9.17) is 0 Å². The van der Waals surface area contributed by atoms with Crippen LogP contribution >= 0.6 is 11.3 Å². The van der Waals surface area contributed by atoms with E-state index in [0.29, 0.717) is 6.04 Å². The zero-order valence-electron chi connectivity index (χ0n) is 11.5. The number of hydrogen-bond donors (Lipinski definition) is 1. The highest BCUT2D eigenvalue weighted by Gasteiger charge is 2.09. The van der Waals surface area contributed by atoms with Crippen LogP contribution in [0.25, 0.3) is 0 Å². The fraction of sp³-hybridized carbons (Fsp3) is 0.333. The van der Waals surface area contributed by atoms with E-state index in [1.54, 1.807) is 17.6 Å². The van der Waals surface area contributed by atoms with Gasteiger partial charge in [0.05, 0.1) is 0 Å². The molecule has 0 radical (unpaired) electrons. The molecule has 0 fully saturated rings. The van der Waals surface area contributed by atoms with Crippen molar-refractivity contribution in [3.63, 3.8) is 0 Å². The Bertz CT molecular complexity index is 560. The minimum Gasteiger partial charge on any atom is -0.305 e. The standard InChI is InChI=1S/C15H19NOS2/c1-11-8-9-18-15(11)12(2)16-10-13-4-6-14(7-5-13)19(3)17/h4-9,12,16H,10H2,1-3H3/t12-,19-/m0/s1. The van der Waals surface area contributed by atoms with E-state index in [-0.39, 0.29) is 0 Å². The quantitative estimate of drug-likeness (QED) is 0.912. The molecule has 0 saturated carbocycles. The van der Waals surface area contributed by atoms with E-state index in [0.717, 1.165) is 11.4 Å². The van der Waals surface area contributed by atoms with Gasteiger partial charge in [0.25, 0.3) is 0 Å². The fourth-order valence-corrected chi connectivity index (χ4v) is 3.47. The monoisotopic (exact) mass is 293 g/mol. The maximum atomic E-state index is 11.3. The van der Waals surface area contributed by atoms with Gasteiger partial charge in [0.15, 0.2) is 0 Å². The largest absolute Gasteiger partial charge is 0.305 e. The third-order valence-corrected chi connectivity index (χ3v) is 5.30. The molecule has 0 spiro atoms. The normalized spacial score (nSPS) is 14.3. The third-order valence-electron chi connectivity index (χ3n) is 3.16. The molecular weight excluding hydrogens is 274 g/mol. The Morgan fingerprint density at radius 1 is 1.26 bits per heavy atom. The van der Waals surface area contributed by atoms with Gasteiger partial charge in [-0.15, -0.1) is 11.3 Å². The van der Waals surface area contributed by atoms with Crippen LogP contribution in [0.4, 0.5) is 0 Å². The Morgan fingerprint density at radius 2 is 1.95 bits per heavy atom. The molecule has 0 saturated heterocycles. The van der Waals surface area contributed by atoms with Crippen LogP contribution in [-0.2, 0) is 17.3 Å². The predicted octanol–water partition coefficient (Wildman–Crippen LogP) is 3.64. The number of thiophene rings is 1. The first kappa shape index (κ1) is 14.4. The lowest BCUT2D eigenvalue weighted by Gasteiger charge is -2.13. The summed E-state index contributed by atoms with van der Waals surface area (Å²) in [6.45, 7) is 5.17. The van der Waals surface area contributed by atoms with Gasteiger partial charge < -0.3 is 5.32 Å². The molecule has 4 heteroatoms. The van der Waals surface area contributed by atoms with Crippen molar-refractivity contribution in [2.45, 2.75) is 31.3 Å². The zero-order valence-corrected chi connectivity index (χ0v) is 13.1. The van der Waals surface area contributed by atoms with Gasteiger partial charge >= 0.3 is 0 Å². The summed E-state index contributed by atoms with van der Waals surface area (Å²) in [5.74, 6) is 0. The average Bonchev–Trinajstić information content (AvgIpc) is 2.83. The van der Waals surface area contributed by atoms with Gasteiger partial charge in [0, 0.05) is 39.4 Å². The lowest BCUT2D eigenvalue weighted by atomic mass is 10.1. The Kier molecular flexibility index (Phi) is 4.91. The van der Waals surface area contributed by atoms with Gasteiger partial charge in [0.1, 0.15) is 0 Å². The first-order chi connectivity index (χ1) is 9.08. The van der Waals surface area contributed by atoms with E-state index in [2.05, 4.69) is 30.6 Å². The SMILES string of the molecule is Cc1ccsc1[C@H](C)NCc1ccc([S@](C)=O)cc1. The first-order valence-corrected chi connectivity index (χ1v) is 8.71. The number of hydrogen-bond acceptors (Lipinski definition) is 3. The summed E-state index contributed by atoms with van der Waals surface area (Å²) in [5.41, 5.74) is 2.57. The summed E-state index contributed by atoms with van der Waals surface area (Å²) >= 11 is 1.80. The lowest BCUT2D eigenvalue weighted by molar-refractivity contribution is 0.580. The topological polar surface area (TPSA) is 29.1 Å². The maximum Gasteiger partial charge on any atom is 0.0498 e. The fourth-order valence-electron chi connectivity index (χ4n) is 1.99. The van der Waals surface area contributed by atoms with Crippen LogP contribution in [0.2, 0.25) is 0 Å². The Hall–Kier alpha value is -0.970. The van der Waals surface area contributed by atoms with Crippen LogP contribution in [-0.4, -0.2) is 10.5 Å². The van der Waals surface area contributed by atoms with Crippen molar-refractivity contribution < 1.29 is 4.21 Å². The van der Waals surface area contributed by atoms with Crippen molar-refractivity contribution in [1.29, 1.82) is 0 Å². The van der Waals surface area contributed by atoms with Crippen LogP contribution < -0.4 is 5.32 Å². The van der Waals surface area contributed by atoms with Crippen molar-refractivity contribution in [2.75, 3.05) is 6.26 Å². The van der Waals surface area contributed by atoms with Gasteiger partial charge in [-0.3, -0.25) is 4.21 Å². The van der Waals surface area contributed by atoms with Crippen molar-refractivity contribution in [3.05, 3.63) is 51.7 Å². The van der Waals surface area contributed by atoms with E-state index in [1.807, 2.05) is 24.3 Å². The molecule has 0 aliphatic rings. The predicted molar refractivity (Wildman–Crippen MR) is 83.1 cm³/mol. The Labute approximate surface area is 121 Å². The lowest BCUT2D eigenvalue weighted by Crippen LogP contribution is -2.17. The van der Waals surface area contributed by atoms with Crippen molar-refractivity contribution in [3.8, 4) is 0 Å². The van der Waals surface area contributed by atoms with Gasteiger partial charge in [-0.25, -0.2) is 0 Å². The first-order valence-electron chi connectivity index (χ1n) is 6.27. The highest BCUT2D eigenvalue weighted by molar-refractivity contribution is 7.84. The van der Waals surface area contributed by atoms with Gasteiger partial charge in [-0.05, 0) is 48.6 Å². The van der Waals surface area contributed by atoms with Crippen LogP contribution in [0, 0.1) is 6.92 Å².